The van der Waals surface area contributed by atoms with Gasteiger partial charge in [-0.3, -0.25) is 0 Å². The summed E-state index contributed by atoms with van der Waals surface area (Å²) in [5.74, 6) is -0.576. The van der Waals surface area contributed by atoms with Gasteiger partial charge < -0.3 is 14.4 Å². The van der Waals surface area contributed by atoms with Gasteiger partial charge in [0.25, 0.3) is 10.0 Å². The Kier molecular flexibility index (Phi) is 8.82. The summed E-state index contributed by atoms with van der Waals surface area (Å²) in [4.78, 5) is 18.9. The van der Waals surface area contributed by atoms with E-state index in [1.165, 1.54) is 40.5 Å². The van der Waals surface area contributed by atoms with Crippen molar-refractivity contribution in [3.8, 4) is 16.9 Å². The van der Waals surface area contributed by atoms with Gasteiger partial charge in [-0.25, -0.2) is 30.9 Å². The van der Waals surface area contributed by atoms with Crippen LogP contribution in [0.2, 0.25) is 0 Å². The molecule has 8 nitrogen and oxygen atoms in total. The van der Waals surface area contributed by atoms with Gasteiger partial charge in [-0.2, -0.15) is 0 Å². The fourth-order valence-electron chi connectivity index (χ4n) is 5.58. The third-order valence-electron chi connectivity index (χ3n) is 7.93. The predicted octanol–water partition coefficient (Wildman–Crippen LogP) is 8.13. The van der Waals surface area contributed by atoms with Gasteiger partial charge in [0, 0.05) is 30.2 Å². The molecule has 0 aliphatic carbocycles. The summed E-state index contributed by atoms with van der Waals surface area (Å²) in [5, 5.41) is 0.417. The molecule has 1 aliphatic rings. The van der Waals surface area contributed by atoms with Crippen molar-refractivity contribution in [2.45, 2.75) is 51.2 Å². The van der Waals surface area contributed by atoms with E-state index in [0.717, 1.165) is 5.56 Å². The summed E-state index contributed by atoms with van der Waals surface area (Å²) < 4.78 is 70.5. The van der Waals surface area contributed by atoms with E-state index >= 15 is 4.39 Å². The molecule has 0 spiro atoms. The van der Waals surface area contributed by atoms with Crippen LogP contribution < -0.4 is 4.74 Å². The standard InChI is InChI=1S/C37H35F2N3O5S/c1-24-8-11-29(12-9-24)48(44,45)42-34(26-15-18-41(19-16-26)36(43)47-37(2,3)4)22-32-30(14-17-40-35(32)42)31-21-28(10-13-33(31)39)46-23-25-6-5-7-27(38)20-25/h5-15,17,20-22H,16,18-19,23H2,1-4H3. The molecule has 3 heterocycles. The van der Waals surface area contributed by atoms with E-state index in [1.807, 2.05) is 13.0 Å². The Labute approximate surface area is 278 Å². The van der Waals surface area contributed by atoms with E-state index in [0.29, 0.717) is 46.5 Å². The average molecular weight is 672 g/mol. The fraction of sp³-hybridized carbons (Fsp3) is 0.243. The van der Waals surface area contributed by atoms with Gasteiger partial charge in [0.2, 0.25) is 0 Å². The largest absolute Gasteiger partial charge is 0.489 e. The SMILES string of the molecule is Cc1ccc(S(=O)(=O)n2c(C3=CCN(C(=O)OC(C)(C)C)CC3)cc3c(-c4cc(OCc5cccc(F)c5)ccc4F)ccnc32)cc1. The van der Waals surface area contributed by atoms with Gasteiger partial charge in [-0.05, 0) is 105 Å². The lowest BCUT2D eigenvalue weighted by molar-refractivity contribution is 0.0270. The Morgan fingerprint density at radius 3 is 2.42 bits per heavy atom. The average Bonchev–Trinajstić information content (AvgIpc) is 3.45. The van der Waals surface area contributed by atoms with Crippen LogP contribution in [0, 0.1) is 18.6 Å². The molecule has 6 rings (SSSR count). The van der Waals surface area contributed by atoms with Gasteiger partial charge >= 0.3 is 6.09 Å². The molecule has 11 heteroatoms. The molecule has 0 radical (unpaired) electrons. The molecule has 0 saturated carbocycles. The number of ether oxygens (including phenoxy) is 2. The van der Waals surface area contributed by atoms with Gasteiger partial charge in [0.05, 0.1) is 10.6 Å². The normalized spacial score (nSPS) is 13.8. The zero-order chi connectivity index (χ0) is 34.2. The molecule has 0 bridgehead atoms. The predicted molar refractivity (Wildman–Crippen MR) is 180 cm³/mol. The summed E-state index contributed by atoms with van der Waals surface area (Å²) in [6, 6.07) is 20.2. The molecule has 3 aromatic carbocycles. The highest BCUT2D eigenvalue weighted by atomic mass is 32.2. The van der Waals surface area contributed by atoms with Crippen LogP contribution >= 0.6 is 0 Å². The minimum Gasteiger partial charge on any atom is -0.489 e. The molecule has 48 heavy (non-hydrogen) atoms. The summed E-state index contributed by atoms with van der Waals surface area (Å²) in [6.07, 6.45) is 3.15. The maximum Gasteiger partial charge on any atom is 0.410 e. The zero-order valence-corrected chi connectivity index (χ0v) is 27.9. The first-order valence-corrected chi connectivity index (χ1v) is 16.9. The molecule has 2 aromatic heterocycles. The van der Waals surface area contributed by atoms with Crippen molar-refractivity contribution in [1.82, 2.24) is 13.9 Å². The van der Waals surface area contributed by atoms with Crippen LogP contribution in [-0.2, 0) is 21.4 Å². The van der Waals surface area contributed by atoms with Crippen molar-refractivity contribution in [1.29, 1.82) is 0 Å². The number of fused-ring (bicyclic) bond motifs is 1. The van der Waals surface area contributed by atoms with Crippen LogP contribution in [0.1, 0.15) is 44.0 Å². The number of aryl methyl sites for hydroxylation is 1. The first-order valence-electron chi connectivity index (χ1n) is 15.5. The molecule has 0 fully saturated rings. The molecule has 0 saturated heterocycles. The summed E-state index contributed by atoms with van der Waals surface area (Å²) >= 11 is 0. The minimum atomic E-state index is -4.17. The molecule has 0 atom stereocenters. The number of rotatable bonds is 7. The lowest BCUT2D eigenvalue weighted by Crippen LogP contribution is -2.39. The van der Waals surface area contributed by atoms with E-state index in [9.17, 15) is 17.6 Å². The van der Waals surface area contributed by atoms with Crippen molar-refractivity contribution in [2.24, 2.45) is 0 Å². The van der Waals surface area contributed by atoms with Crippen molar-refractivity contribution in [3.05, 3.63) is 120 Å². The molecular weight excluding hydrogens is 636 g/mol. The first kappa shape index (κ1) is 32.9. The maximum atomic E-state index is 15.5. The van der Waals surface area contributed by atoms with E-state index in [2.05, 4.69) is 4.98 Å². The number of aromatic nitrogens is 2. The Hall–Kier alpha value is -5.03. The Morgan fingerprint density at radius 1 is 0.958 bits per heavy atom. The number of pyridine rings is 1. The number of hydrogen-bond acceptors (Lipinski definition) is 6. The summed E-state index contributed by atoms with van der Waals surface area (Å²) in [6.45, 7) is 7.85. The van der Waals surface area contributed by atoms with Crippen molar-refractivity contribution < 1.29 is 31.5 Å². The van der Waals surface area contributed by atoms with Crippen LogP contribution in [0.4, 0.5) is 13.6 Å². The fourth-order valence-corrected chi connectivity index (χ4v) is 7.07. The zero-order valence-electron chi connectivity index (χ0n) is 27.0. The number of carbonyl (C=O) groups excluding carboxylic acids is 1. The van der Waals surface area contributed by atoms with Gasteiger partial charge in [0.1, 0.15) is 29.6 Å². The van der Waals surface area contributed by atoms with E-state index in [1.54, 1.807) is 74.2 Å². The van der Waals surface area contributed by atoms with Gasteiger partial charge in [0.15, 0.2) is 5.65 Å². The van der Waals surface area contributed by atoms with Crippen molar-refractivity contribution >= 4 is 32.7 Å². The number of halogens is 2. The first-order chi connectivity index (χ1) is 22.8. The highest BCUT2D eigenvalue weighted by Gasteiger charge is 2.30. The second-order valence-electron chi connectivity index (χ2n) is 12.7. The summed E-state index contributed by atoms with van der Waals surface area (Å²) in [5.41, 5.74) is 2.65. The molecular formula is C37H35F2N3O5S. The van der Waals surface area contributed by atoms with Crippen LogP contribution in [-0.4, -0.2) is 47.1 Å². The maximum absolute atomic E-state index is 15.5. The van der Waals surface area contributed by atoms with E-state index < -0.39 is 27.5 Å². The monoisotopic (exact) mass is 671 g/mol. The topological polar surface area (TPSA) is 90.7 Å². The molecule has 0 unspecified atom stereocenters. The number of benzene rings is 3. The molecule has 248 valence electrons. The number of hydrogen-bond donors (Lipinski definition) is 0. The van der Waals surface area contributed by atoms with Crippen LogP contribution in [0.25, 0.3) is 27.7 Å². The quantitative estimate of drug-likeness (QED) is 0.174. The Balaban J connectivity index is 1.45. The second-order valence-corrected chi connectivity index (χ2v) is 14.5. The molecule has 1 amide bonds. The third-order valence-corrected chi connectivity index (χ3v) is 9.65. The van der Waals surface area contributed by atoms with Crippen LogP contribution in [0.5, 0.6) is 5.75 Å². The molecule has 5 aromatic rings. The number of nitrogens with zero attached hydrogens (tertiary/aromatic N) is 3. The minimum absolute atomic E-state index is 0.0678. The highest BCUT2D eigenvalue weighted by Crippen LogP contribution is 2.38. The lowest BCUT2D eigenvalue weighted by atomic mass is 10.0. The summed E-state index contributed by atoms with van der Waals surface area (Å²) in [7, 11) is -4.17. The van der Waals surface area contributed by atoms with Crippen LogP contribution in [0.15, 0.2) is 96.0 Å². The lowest BCUT2D eigenvalue weighted by Gasteiger charge is -2.29. The number of carbonyl (C=O) groups is 1. The van der Waals surface area contributed by atoms with Crippen molar-refractivity contribution in [2.75, 3.05) is 13.1 Å². The van der Waals surface area contributed by atoms with E-state index in [-0.39, 0.29) is 35.1 Å². The Bertz CT molecular complexity index is 2150. The third kappa shape index (κ3) is 6.82. The number of amides is 1. The molecule has 1 aliphatic heterocycles. The van der Waals surface area contributed by atoms with Crippen LogP contribution in [0.3, 0.4) is 0 Å². The Morgan fingerprint density at radius 2 is 1.73 bits per heavy atom. The van der Waals surface area contributed by atoms with Gasteiger partial charge in [-0.15, -0.1) is 0 Å². The van der Waals surface area contributed by atoms with Gasteiger partial charge in [-0.1, -0.05) is 35.9 Å². The van der Waals surface area contributed by atoms with E-state index in [4.69, 9.17) is 9.47 Å². The second kappa shape index (κ2) is 12.9. The molecule has 0 N–H and O–H groups in total. The van der Waals surface area contributed by atoms with Crippen molar-refractivity contribution in [3.63, 3.8) is 0 Å². The highest BCUT2D eigenvalue weighted by molar-refractivity contribution is 7.90. The smallest absolute Gasteiger partial charge is 0.410 e.